The summed E-state index contributed by atoms with van der Waals surface area (Å²) >= 11 is 0. The van der Waals surface area contributed by atoms with Crippen molar-refractivity contribution in [1.29, 1.82) is 0 Å². The molecule has 1 heterocycles. The van der Waals surface area contributed by atoms with E-state index in [1.54, 1.807) is 0 Å². The smallest absolute Gasteiger partial charge is 0.223 e. The van der Waals surface area contributed by atoms with Gasteiger partial charge in [0, 0.05) is 24.5 Å². The van der Waals surface area contributed by atoms with Crippen LogP contribution in [0.25, 0.3) is 0 Å². The Kier molecular flexibility index (Phi) is 3.81. The molecule has 1 saturated heterocycles. The SMILES string of the molecule is O=C(N[C@@H]1CCCC[C@H]1CO)[C@@H]1CC12CCNCC2. The van der Waals surface area contributed by atoms with Gasteiger partial charge in [0.1, 0.15) is 0 Å². The van der Waals surface area contributed by atoms with Crippen LogP contribution in [0.5, 0.6) is 0 Å². The van der Waals surface area contributed by atoms with Gasteiger partial charge in [-0.05, 0) is 50.6 Å². The maximum absolute atomic E-state index is 12.4. The van der Waals surface area contributed by atoms with Crippen LogP contribution < -0.4 is 10.6 Å². The second-order valence-corrected chi connectivity index (χ2v) is 6.71. The van der Waals surface area contributed by atoms with Gasteiger partial charge in [0.15, 0.2) is 0 Å². The zero-order valence-corrected chi connectivity index (χ0v) is 11.7. The molecule has 1 spiro atoms. The van der Waals surface area contributed by atoms with Crippen molar-refractivity contribution in [2.24, 2.45) is 17.3 Å². The third-order valence-corrected chi connectivity index (χ3v) is 5.58. The van der Waals surface area contributed by atoms with Gasteiger partial charge in [-0.25, -0.2) is 0 Å². The molecule has 0 aromatic rings. The molecule has 4 heteroatoms. The molecule has 0 radical (unpaired) electrons. The first kappa shape index (κ1) is 13.4. The lowest BCUT2D eigenvalue weighted by Gasteiger charge is -2.31. The monoisotopic (exact) mass is 266 g/mol. The summed E-state index contributed by atoms with van der Waals surface area (Å²) in [5, 5.41) is 16.0. The Bertz CT molecular complexity index is 339. The van der Waals surface area contributed by atoms with Gasteiger partial charge in [-0.1, -0.05) is 12.8 Å². The van der Waals surface area contributed by atoms with E-state index in [1.165, 1.54) is 12.8 Å². The number of piperidine rings is 1. The number of carbonyl (C=O) groups is 1. The Hall–Kier alpha value is -0.610. The molecule has 3 N–H and O–H groups in total. The van der Waals surface area contributed by atoms with Crippen molar-refractivity contribution in [3.05, 3.63) is 0 Å². The predicted octanol–water partition coefficient (Wildman–Crippen LogP) is 1.04. The molecule has 3 aliphatic rings. The standard InChI is InChI=1S/C15H26N2O2/c18-10-11-3-1-2-4-13(11)17-14(19)12-9-15(12)5-7-16-8-6-15/h11-13,16,18H,1-10H2,(H,17,19)/t11-,12-,13+/m0/s1. The normalized spacial score (nSPS) is 37.0. The van der Waals surface area contributed by atoms with Crippen LogP contribution in [0.15, 0.2) is 0 Å². The van der Waals surface area contributed by atoms with Crippen LogP contribution in [0.4, 0.5) is 0 Å². The van der Waals surface area contributed by atoms with Gasteiger partial charge >= 0.3 is 0 Å². The minimum atomic E-state index is 0.213. The molecular formula is C15H26N2O2. The molecule has 19 heavy (non-hydrogen) atoms. The fourth-order valence-corrected chi connectivity index (χ4v) is 4.10. The van der Waals surface area contributed by atoms with Gasteiger partial charge < -0.3 is 15.7 Å². The van der Waals surface area contributed by atoms with Gasteiger partial charge in [0.25, 0.3) is 0 Å². The number of aliphatic hydroxyl groups excluding tert-OH is 1. The van der Waals surface area contributed by atoms with E-state index in [1.807, 2.05) is 0 Å². The molecule has 2 aliphatic carbocycles. The minimum absolute atomic E-state index is 0.213. The van der Waals surface area contributed by atoms with Crippen molar-refractivity contribution in [2.75, 3.05) is 19.7 Å². The predicted molar refractivity (Wildman–Crippen MR) is 73.6 cm³/mol. The van der Waals surface area contributed by atoms with Gasteiger partial charge in [0.05, 0.1) is 0 Å². The Morgan fingerprint density at radius 2 is 2.00 bits per heavy atom. The average Bonchev–Trinajstić information content (AvgIpc) is 3.14. The molecule has 3 rings (SSSR count). The molecule has 3 atom stereocenters. The molecule has 4 nitrogen and oxygen atoms in total. The molecule has 1 amide bonds. The molecule has 0 bridgehead atoms. The highest BCUT2D eigenvalue weighted by atomic mass is 16.3. The van der Waals surface area contributed by atoms with Crippen LogP contribution in [0.3, 0.4) is 0 Å². The molecule has 108 valence electrons. The Labute approximate surface area is 115 Å². The Morgan fingerprint density at radius 3 is 2.74 bits per heavy atom. The zero-order chi connectivity index (χ0) is 13.3. The van der Waals surface area contributed by atoms with E-state index in [0.29, 0.717) is 5.41 Å². The van der Waals surface area contributed by atoms with Crippen LogP contribution in [0, 0.1) is 17.3 Å². The fourth-order valence-electron chi connectivity index (χ4n) is 4.10. The number of hydrogen-bond acceptors (Lipinski definition) is 3. The van der Waals surface area contributed by atoms with E-state index in [-0.39, 0.29) is 30.4 Å². The number of carbonyl (C=O) groups excluding carboxylic acids is 1. The highest BCUT2D eigenvalue weighted by molar-refractivity contribution is 5.83. The highest BCUT2D eigenvalue weighted by Crippen LogP contribution is 2.58. The van der Waals surface area contributed by atoms with Gasteiger partial charge in [-0.2, -0.15) is 0 Å². The third-order valence-electron chi connectivity index (χ3n) is 5.58. The first-order valence-electron chi connectivity index (χ1n) is 7.87. The van der Waals surface area contributed by atoms with Crippen molar-refractivity contribution in [3.8, 4) is 0 Å². The molecule has 0 aromatic heterocycles. The average molecular weight is 266 g/mol. The van der Waals surface area contributed by atoms with Crippen molar-refractivity contribution >= 4 is 5.91 Å². The Morgan fingerprint density at radius 1 is 1.26 bits per heavy atom. The second kappa shape index (κ2) is 5.41. The van der Waals surface area contributed by atoms with Crippen molar-refractivity contribution in [2.45, 2.75) is 51.0 Å². The number of amides is 1. The number of rotatable bonds is 3. The third kappa shape index (κ3) is 2.65. The van der Waals surface area contributed by atoms with E-state index < -0.39 is 0 Å². The van der Waals surface area contributed by atoms with Crippen molar-refractivity contribution in [1.82, 2.24) is 10.6 Å². The minimum Gasteiger partial charge on any atom is -0.396 e. The molecule has 0 unspecified atom stereocenters. The van der Waals surface area contributed by atoms with E-state index in [0.717, 1.165) is 45.2 Å². The van der Waals surface area contributed by atoms with Crippen LogP contribution in [-0.4, -0.2) is 36.8 Å². The van der Waals surface area contributed by atoms with Gasteiger partial charge in [-0.3, -0.25) is 4.79 Å². The summed E-state index contributed by atoms with van der Waals surface area (Å²) in [5.41, 5.74) is 0.318. The lowest BCUT2D eigenvalue weighted by Crippen LogP contribution is -2.45. The van der Waals surface area contributed by atoms with Crippen LogP contribution in [0.1, 0.15) is 44.9 Å². The molecular weight excluding hydrogens is 240 g/mol. The maximum Gasteiger partial charge on any atom is 0.223 e. The number of nitrogens with one attached hydrogen (secondary N) is 2. The zero-order valence-electron chi connectivity index (χ0n) is 11.7. The molecule has 3 fully saturated rings. The second-order valence-electron chi connectivity index (χ2n) is 6.71. The van der Waals surface area contributed by atoms with Gasteiger partial charge in [0.2, 0.25) is 5.91 Å². The van der Waals surface area contributed by atoms with Crippen LogP contribution >= 0.6 is 0 Å². The molecule has 1 aliphatic heterocycles. The van der Waals surface area contributed by atoms with Crippen LogP contribution in [-0.2, 0) is 4.79 Å². The lowest BCUT2D eigenvalue weighted by atomic mass is 9.84. The topological polar surface area (TPSA) is 61.4 Å². The number of hydrogen-bond donors (Lipinski definition) is 3. The van der Waals surface area contributed by atoms with Crippen molar-refractivity contribution < 1.29 is 9.90 Å². The first-order chi connectivity index (χ1) is 9.25. The summed E-state index contributed by atoms with van der Waals surface area (Å²) < 4.78 is 0. The first-order valence-corrected chi connectivity index (χ1v) is 7.87. The summed E-state index contributed by atoms with van der Waals surface area (Å²) in [4.78, 5) is 12.4. The maximum atomic E-state index is 12.4. The Balaban J connectivity index is 1.54. The number of aliphatic hydroxyl groups is 1. The quantitative estimate of drug-likeness (QED) is 0.715. The highest BCUT2D eigenvalue weighted by Gasteiger charge is 2.57. The summed E-state index contributed by atoms with van der Waals surface area (Å²) in [5.74, 6) is 0.781. The fraction of sp³-hybridized carbons (Fsp3) is 0.933. The van der Waals surface area contributed by atoms with E-state index in [9.17, 15) is 9.90 Å². The van der Waals surface area contributed by atoms with E-state index in [4.69, 9.17) is 0 Å². The van der Waals surface area contributed by atoms with Crippen LogP contribution in [0.2, 0.25) is 0 Å². The summed E-state index contributed by atoms with van der Waals surface area (Å²) in [6.45, 7) is 2.34. The molecule has 2 saturated carbocycles. The van der Waals surface area contributed by atoms with E-state index >= 15 is 0 Å². The largest absolute Gasteiger partial charge is 0.396 e. The lowest BCUT2D eigenvalue weighted by molar-refractivity contribution is -0.124. The summed E-state index contributed by atoms with van der Waals surface area (Å²) in [7, 11) is 0. The summed E-state index contributed by atoms with van der Waals surface area (Å²) in [6.07, 6.45) is 7.85. The van der Waals surface area contributed by atoms with E-state index in [2.05, 4.69) is 10.6 Å². The summed E-state index contributed by atoms with van der Waals surface area (Å²) in [6, 6.07) is 0.214. The van der Waals surface area contributed by atoms with Crippen molar-refractivity contribution in [3.63, 3.8) is 0 Å². The van der Waals surface area contributed by atoms with Gasteiger partial charge in [-0.15, -0.1) is 0 Å². The molecule has 0 aromatic carbocycles.